The molecule has 7 nitrogen and oxygen atoms in total. The first kappa shape index (κ1) is 27.1. The van der Waals surface area contributed by atoms with E-state index in [1.54, 1.807) is 0 Å². The summed E-state index contributed by atoms with van der Waals surface area (Å²) < 4.78 is 61.9. The predicted octanol–water partition coefficient (Wildman–Crippen LogP) is 5.01. The van der Waals surface area contributed by atoms with Crippen molar-refractivity contribution in [2.75, 3.05) is 13.7 Å². The number of benzene rings is 3. The third kappa shape index (κ3) is 5.09. The molecule has 1 heterocycles. The van der Waals surface area contributed by atoms with Gasteiger partial charge in [-0.05, 0) is 55.0 Å². The number of alkyl halides is 3. The number of amides is 1. The molecule has 1 N–H and O–H groups in total. The van der Waals surface area contributed by atoms with Gasteiger partial charge in [-0.1, -0.05) is 18.1 Å². The topological polar surface area (TPSA) is 90.3 Å². The fourth-order valence-corrected chi connectivity index (χ4v) is 4.09. The van der Waals surface area contributed by atoms with E-state index in [1.807, 2.05) is 0 Å². The lowest BCUT2D eigenvalue weighted by molar-refractivity contribution is -0.138. The zero-order valence-electron chi connectivity index (χ0n) is 20.5. The normalized spacial score (nSPS) is 11.2. The maximum Gasteiger partial charge on any atom is 0.417 e. The van der Waals surface area contributed by atoms with Crippen molar-refractivity contribution in [2.45, 2.75) is 13.1 Å². The summed E-state index contributed by atoms with van der Waals surface area (Å²) in [6, 6.07) is 10.7. The van der Waals surface area contributed by atoms with Crippen molar-refractivity contribution in [3.8, 4) is 23.6 Å². The number of methoxy groups -OCH3 is 1. The molecule has 4 aromatic rings. The summed E-state index contributed by atoms with van der Waals surface area (Å²) in [5, 5.41) is 6.83. The van der Waals surface area contributed by atoms with E-state index in [-0.39, 0.29) is 45.4 Å². The van der Waals surface area contributed by atoms with Crippen LogP contribution in [0.4, 0.5) is 17.6 Å². The largest absolute Gasteiger partial charge is 0.465 e. The molecule has 198 valence electrons. The Morgan fingerprint density at radius 2 is 1.79 bits per heavy atom. The standard InChI is InChI=1S/C28H19F4N3O4/c1-4-12-33-25(36)16-8-11-19-22(14-16)35(26(37)23-15(2)6-5-7-20(23)28(30,31)32)34-24(19)18-10-9-17(13-21(18)29)27(38)39-3/h1,5-11,13-14H,12H2,2-3H3,(H,33,36). The molecule has 0 spiro atoms. The minimum Gasteiger partial charge on any atom is -0.465 e. The van der Waals surface area contributed by atoms with E-state index in [4.69, 9.17) is 6.42 Å². The summed E-state index contributed by atoms with van der Waals surface area (Å²) in [7, 11) is 1.13. The lowest BCUT2D eigenvalue weighted by Crippen LogP contribution is -2.24. The Kier molecular flexibility index (Phi) is 7.23. The lowest BCUT2D eigenvalue weighted by atomic mass is 10.0. The average Bonchev–Trinajstić information content (AvgIpc) is 3.28. The van der Waals surface area contributed by atoms with Gasteiger partial charge in [-0.2, -0.15) is 23.0 Å². The van der Waals surface area contributed by atoms with Crippen molar-refractivity contribution in [2.24, 2.45) is 0 Å². The van der Waals surface area contributed by atoms with Crippen molar-refractivity contribution in [1.29, 1.82) is 0 Å². The number of esters is 1. The van der Waals surface area contributed by atoms with Gasteiger partial charge in [0.05, 0.1) is 35.9 Å². The van der Waals surface area contributed by atoms with Gasteiger partial charge in [0.2, 0.25) is 0 Å². The van der Waals surface area contributed by atoms with Crippen LogP contribution in [0.15, 0.2) is 54.6 Å². The molecule has 0 saturated heterocycles. The van der Waals surface area contributed by atoms with Gasteiger partial charge in [-0.3, -0.25) is 9.59 Å². The van der Waals surface area contributed by atoms with Crippen LogP contribution in [-0.4, -0.2) is 41.2 Å². The van der Waals surface area contributed by atoms with Crippen molar-refractivity contribution < 1.29 is 36.7 Å². The molecule has 0 aliphatic rings. The highest BCUT2D eigenvalue weighted by atomic mass is 19.4. The summed E-state index contributed by atoms with van der Waals surface area (Å²) in [4.78, 5) is 38.0. The molecule has 3 aromatic carbocycles. The quantitative estimate of drug-likeness (QED) is 0.220. The summed E-state index contributed by atoms with van der Waals surface area (Å²) in [5.41, 5.74) is -2.09. The van der Waals surface area contributed by atoms with Crippen LogP contribution in [0.5, 0.6) is 0 Å². The molecule has 0 bridgehead atoms. The van der Waals surface area contributed by atoms with Crippen LogP contribution in [-0.2, 0) is 10.9 Å². The van der Waals surface area contributed by atoms with E-state index in [9.17, 15) is 27.6 Å². The number of nitrogens with one attached hydrogen (secondary N) is 1. The second-order valence-electron chi connectivity index (χ2n) is 8.37. The van der Waals surface area contributed by atoms with Crippen LogP contribution in [0.1, 0.15) is 42.2 Å². The van der Waals surface area contributed by atoms with Gasteiger partial charge in [0.15, 0.2) is 0 Å². The van der Waals surface area contributed by atoms with Gasteiger partial charge in [0.25, 0.3) is 11.8 Å². The molecule has 0 unspecified atom stereocenters. The summed E-state index contributed by atoms with van der Waals surface area (Å²) in [5.74, 6) is -1.16. The number of halogens is 4. The number of ether oxygens (including phenoxy) is 1. The Morgan fingerprint density at radius 3 is 2.44 bits per heavy atom. The Balaban J connectivity index is 1.98. The number of hydrogen-bond acceptors (Lipinski definition) is 5. The third-order valence-electron chi connectivity index (χ3n) is 5.92. The fraction of sp³-hybridized carbons (Fsp3) is 0.143. The monoisotopic (exact) mass is 537 g/mol. The molecule has 0 saturated carbocycles. The van der Waals surface area contributed by atoms with E-state index in [2.05, 4.69) is 21.1 Å². The van der Waals surface area contributed by atoms with Crippen molar-refractivity contribution in [3.63, 3.8) is 0 Å². The van der Waals surface area contributed by atoms with Crippen LogP contribution in [0.3, 0.4) is 0 Å². The minimum atomic E-state index is -4.85. The van der Waals surface area contributed by atoms with E-state index in [0.717, 1.165) is 19.2 Å². The highest BCUT2D eigenvalue weighted by molar-refractivity contribution is 6.08. The SMILES string of the molecule is C#CCNC(=O)c1ccc2c(-c3ccc(C(=O)OC)cc3F)nn(C(=O)c3c(C)cccc3C(F)(F)F)c2c1. The van der Waals surface area contributed by atoms with Gasteiger partial charge in [-0.15, -0.1) is 6.42 Å². The molecule has 0 fully saturated rings. The number of rotatable bonds is 5. The zero-order valence-corrected chi connectivity index (χ0v) is 20.5. The summed E-state index contributed by atoms with van der Waals surface area (Å²) in [6.45, 7) is 1.26. The number of fused-ring (bicyclic) bond motifs is 1. The second-order valence-corrected chi connectivity index (χ2v) is 8.37. The Hall–Kier alpha value is -4.98. The summed E-state index contributed by atoms with van der Waals surface area (Å²) >= 11 is 0. The van der Waals surface area contributed by atoms with E-state index in [0.29, 0.717) is 4.68 Å². The predicted molar refractivity (Wildman–Crippen MR) is 134 cm³/mol. The Labute approximate surface area is 219 Å². The highest BCUT2D eigenvalue weighted by Crippen LogP contribution is 2.36. The number of nitrogens with zero attached hydrogens (tertiary/aromatic N) is 2. The van der Waals surface area contributed by atoms with E-state index in [1.165, 1.54) is 49.4 Å². The maximum absolute atomic E-state index is 15.2. The van der Waals surface area contributed by atoms with Gasteiger partial charge < -0.3 is 10.1 Å². The fourth-order valence-electron chi connectivity index (χ4n) is 4.09. The molecule has 4 rings (SSSR count). The van der Waals surface area contributed by atoms with Gasteiger partial charge in [0.1, 0.15) is 11.5 Å². The number of terminal acetylenes is 1. The molecule has 1 aromatic heterocycles. The summed E-state index contributed by atoms with van der Waals surface area (Å²) in [6.07, 6.45) is 0.329. The minimum absolute atomic E-state index is 0.0385. The van der Waals surface area contributed by atoms with E-state index < -0.39 is 40.9 Å². The number of aromatic nitrogens is 2. The maximum atomic E-state index is 15.2. The van der Waals surface area contributed by atoms with Crippen molar-refractivity contribution >= 4 is 28.7 Å². The average molecular weight is 537 g/mol. The number of carbonyl (C=O) groups is 3. The Morgan fingerprint density at radius 1 is 1.08 bits per heavy atom. The zero-order chi connectivity index (χ0) is 28.5. The van der Waals surface area contributed by atoms with Gasteiger partial charge in [-0.25, -0.2) is 9.18 Å². The van der Waals surface area contributed by atoms with Gasteiger partial charge in [0, 0.05) is 16.5 Å². The van der Waals surface area contributed by atoms with Crippen molar-refractivity contribution in [3.05, 3.63) is 88.2 Å². The highest BCUT2D eigenvalue weighted by Gasteiger charge is 2.37. The first-order chi connectivity index (χ1) is 18.5. The molecule has 0 radical (unpaired) electrons. The van der Waals surface area contributed by atoms with Crippen molar-refractivity contribution in [1.82, 2.24) is 15.1 Å². The van der Waals surface area contributed by atoms with Crippen LogP contribution < -0.4 is 5.32 Å². The number of aryl methyl sites for hydroxylation is 1. The first-order valence-electron chi connectivity index (χ1n) is 11.3. The molecule has 1 amide bonds. The van der Waals surface area contributed by atoms with E-state index >= 15 is 4.39 Å². The molecule has 0 atom stereocenters. The number of carbonyl (C=O) groups excluding carboxylic acids is 3. The second kappa shape index (κ2) is 10.4. The van der Waals surface area contributed by atoms with Crippen LogP contribution in [0, 0.1) is 25.1 Å². The Bertz CT molecular complexity index is 1680. The molecule has 11 heteroatoms. The van der Waals surface area contributed by atoms with Crippen LogP contribution in [0.2, 0.25) is 0 Å². The molecule has 0 aliphatic carbocycles. The molecular weight excluding hydrogens is 518 g/mol. The van der Waals surface area contributed by atoms with Gasteiger partial charge >= 0.3 is 12.1 Å². The number of hydrogen-bond donors (Lipinski definition) is 1. The molecule has 39 heavy (non-hydrogen) atoms. The van der Waals surface area contributed by atoms with Crippen LogP contribution >= 0.6 is 0 Å². The molecular formula is C28H19F4N3O4. The lowest BCUT2D eigenvalue weighted by Gasteiger charge is -2.14. The smallest absolute Gasteiger partial charge is 0.417 e. The first-order valence-corrected chi connectivity index (χ1v) is 11.3. The third-order valence-corrected chi connectivity index (χ3v) is 5.92. The van der Waals surface area contributed by atoms with Crippen LogP contribution in [0.25, 0.3) is 22.2 Å². The molecule has 0 aliphatic heterocycles.